The second-order valence-corrected chi connectivity index (χ2v) is 2.56. The number of carbonyl (C=O) groups excluding carboxylic acids is 2. The summed E-state index contributed by atoms with van der Waals surface area (Å²) in [6.07, 6.45) is -1.76. The standard InChI is InChI=1S/C6H8O6/c7-1-6(2-8)3(9)4(10)12-5(6)11/h5,7-8,11H,1-2H2. The van der Waals surface area contributed by atoms with Crippen molar-refractivity contribution in [3.05, 3.63) is 0 Å². The Kier molecular flexibility index (Phi) is 2.14. The van der Waals surface area contributed by atoms with Crippen molar-refractivity contribution in [3.63, 3.8) is 0 Å². The number of aliphatic hydroxyl groups is 3. The van der Waals surface area contributed by atoms with Gasteiger partial charge < -0.3 is 20.1 Å². The van der Waals surface area contributed by atoms with Crippen molar-refractivity contribution in [1.29, 1.82) is 0 Å². The van der Waals surface area contributed by atoms with Crippen molar-refractivity contribution in [2.24, 2.45) is 5.41 Å². The molecule has 0 aromatic carbocycles. The molecule has 1 unspecified atom stereocenters. The third-order valence-electron chi connectivity index (χ3n) is 1.89. The summed E-state index contributed by atoms with van der Waals surface area (Å²) >= 11 is 0. The first kappa shape index (κ1) is 9.11. The number of ketones is 1. The molecule has 1 aliphatic rings. The molecule has 1 atom stereocenters. The van der Waals surface area contributed by atoms with E-state index in [4.69, 9.17) is 15.3 Å². The summed E-state index contributed by atoms with van der Waals surface area (Å²) in [5.74, 6) is -2.33. The van der Waals surface area contributed by atoms with Crippen LogP contribution < -0.4 is 0 Å². The molecule has 1 rings (SSSR count). The minimum atomic E-state index is -1.88. The fraction of sp³-hybridized carbons (Fsp3) is 0.667. The Labute approximate surface area is 67.4 Å². The molecule has 0 saturated carbocycles. The van der Waals surface area contributed by atoms with Gasteiger partial charge in [0.2, 0.25) is 6.29 Å². The van der Waals surface area contributed by atoms with Gasteiger partial charge in [0.25, 0.3) is 5.78 Å². The van der Waals surface area contributed by atoms with Crippen LogP contribution in [0.15, 0.2) is 0 Å². The van der Waals surface area contributed by atoms with E-state index in [1.165, 1.54) is 0 Å². The molecular weight excluding hydrogens is 168 g/mol. The number of hydrogen-bond acceptors (Lipinski definition) is 6. The van der Waals surface area contributed by atoms with Crippen LogP contribution in [0.2, 0.25) is 0 Å². The van der Waals surface area contributed by atoms with Gasteiger partial charge in [-0.3, -0.25) is 4.79 Å². The SMILES string of the molecule is O=C1OC(O)C(CO)(CO)C1=O. The second-order valence-electron chi connectivity index (χ2n) is 2.56. The van der Waals surface area contributed by atoms with Crippen molar-refractivity contribution in [1.82, 2.24) is 0 Å². The Balaban J connectivity index is 3.01. The molecule has 0 bridgehead atoms. The first-order valence-electron chi connectivity index (χ1n) is 3.23. The largest absolute Gasteiger partial charge is 0.429 e. The van der Waals surface area contributed by atoms with Gasteiger partial charge in [-0.05, 0) is 0 Å². The summed E-state index contributed by atoms with van der Waals surface area (Å²) in [6, 6.07) is 0. The Morgan fingerprint density at radius 3 is 2.00 bits per heavy atom. The van der Waals surface area contributed by atoms with Crippen LogP contribution in [0.5, 0.6) is 0 Å². The van der Waals surface area contributed by atoms with Crippen molar-refractivity contribution in [2.75, 3.05) is 13.2 Å². The van der Waals surface area contributed by atoms with Gasteiger partial charge in [-0.2, -0.15) is 0 Å². The fourth-order valence-electron chi connectivity index (χ4n) is 0.933. The molecule has 68 valence electrons. The van der Waals surface area contributed by atoms with Crippen molar-refractivity contribution < 1.29 is 29.6 Å². The van der Waals surface area contributed by atoms with E-state index in [0.717, 1.165) is 0 Å². The lowest BCUT2D eigenvalue weighted by Gasteiger charge is -2.21. The molecule has 0 aliphatic carbocycles. The summed E-state index contributed by atoms with van der Waals surface area (Å²) in [4.78, 5) is 21.5. The van der Waals surface area contributed by atoms with E-state index in [1.807, 2.05) is 0 Å². The van der Waals surface area contributed by atoms with Crippen LogP contribution in [0.3, 0.4) is 0 Å². The molecule has 0 aromatic heterocycles. The number of ether oxygens (including phenoxy) is 1. The van der Waals surface area contributed by atoms with Crippen molar-refractivity contribution in [2.45, 2.75) is 6.29 Å². The highest BCUT2D eigenvalue weighted by molar-refractivity contribution is 6.37. The average molecular weight is 176 g/mol. The molecule has 6 heteroatoms. The topological polar surface area (TPSA) is 104 Å². The van der Waals surface area contributed by atoms with Crippen LogP contribution in [0.4, 0.5) is 0 Å². The predicted molar refractivity (Wildman–Crippen MR) is 33.7 cm³/mol. The van der Waals surface area contributed by atoms with E-state index in [2.05, 4.69) is 4.74 Å². The average Bonchev–Trinajstić information content (AvgIpc) is 2.26. The molecule has 0 amide bonds. The smallest absolute Gasteiger partial charge is 0.377 e. The zero-order chi connectivity index (χ0) is 9.35. The number of aliphatic hydroxyl groups excluding tert-OH is 3. The van der Waals surface area contributed by atoms with E-state index in [-0.39, 0.29) is 0 Å². The van der Waals surface area contributed by atoms with Crippen LogP contribution in [0.1, 0.15) is 0 Å². The lowest BCUT2D eigenvalue weighted by atomic mass is 9.86. The van der Waals surface area contributed by atoms with E-state index in [9.17, 15) is 9.59 Å². The number of carbonyl (C=O) groups is 2. The minimum Gasteiger partial charge on any atom is -0.429 e. The lowest BCUT2D eigenvalue weighted by Crippen LogP contribution is -2.44. The van der Waals surface area contributed by atoms with Crippen LogP contribution in [-0.4, -0.2) is 46.6 Å². The Bertz CT molecular complexity index is 218. The third-order valence-corrected chi connectivity index (χ3v) is 1.89. The van der Waals surface area contributed by atoms with Crippen LogP contribution in [0.25, 0.3) is 0 Å². The quantitative estimate of drug-likeness (QED) is 0.315. The molecule has 1 saturated heterocycles. The number of rotatable bonds is 2. The number of cyclic esters (lactones) is 1. The van der Waals surface area contributed by atoms with Crippen LogP contribution in [0, 0.1) is 5.41 Å². The molecule has 0 spiro atoms. The summed E-state index contributed by atoms with van der Waals surface area (Å²) in [7, 11) is 0. The van der Waals surface area contributed by atoms with Crippen molar-refractivity contribution >= 4 is 11.8 Å². The maximum Gasteiger partial charge on any atom is 0.377 e. The molecule has 0 radical (unpaired) electrons. The van der Waals surface area contributed by atoms with Gasteiger partial charge in [0, 0.05) is 0 Å². The molecule has 6 nitrogen and oxygen atoms in total. The van der Waals surface area contributed by atoms with E-state index < -0.39 is 36.7 Å². The van der Waals surface area contributed by atoms with E-state index in [1.54, 1.807) is 0 Å². The van der Waals surface area contributed by atoms with Crippen LogP contribution in [-0.2, 0) is 14.3 Å². The van der Waals surface area contributed by atoms with Crippen LogP contribution >= 0.6 is 0 Å². The highest BCUT2D eigenvalue weighted by Gasteiger charge is 2.56. The van der Waals surface area contributed by atoms with Gasteiger partial charge in [-0.15, -0.1) is 0 Å². The van der Waals surface area contributed by atoms with Gasteiger partial charge >= 0.3 is 5.97 Å². The van der Waals surface area contributed by atoms with Gasteiger partial charge in [-0.25, -0.2) is 4.79 Å². The highest BCUT2D eigenvalue weighted by atomic mass is 16.6. The van der Waals surface area contributed by atoms with E-state index in [0.29, 0.717) is 0 Å². The molecule has 12 heavy (non-hydrogen) atoms. The molecule has 1 heterocycles. The summed E-state index contributed by atoms with van der Waals surface area (Å²) in [5.41, 5.74) is -1.88. The number of esters is 1. The maximum atomic E-state index is 10.9. The number of hydrogen-bond donors (Lipinski definition) is 3. The maximum absolute atomic E-state index is 10.9. The molecule has 1 aliphatic heterocycles. The first-order valence-corrected chi connectivity index (χ1v) is 3.23. The van der Waals surface area contributed by atoms with Gasteiger partial charge in [0.15, 0.2) is 0 Å². The lowest BCUT2D eigenvalue weighted by molar-refractivity contribution is -0.168. The summed E-state index contributed by atoms with van der Waals surface area (Å²) in [5, 5.41) is 26.4. The summed E-state index contributed by atoms with van der Waals surface area (Å²) < 4.78 is 4.12. The number of Topliss-reactive ketones (excluding diaryl/α,β-unsaturated/α-hetero) is 1. The summed E-state index contributed by atoms with van der Waals surface area (Å²) in [6.45, 7) is -1.65. The first-order chi connectivity index (χ1) is 5.58. The Morgan fingerprint density at radius 1 is 1.33 bits per heavy atom. The van der Waals surface area contributed by atoms with Gasteiger partial charge in [-0.1, -0.05) is 0 Å². The Hall–Kier alpha value is -0.980. The highest BCUT2D eigenvalue weighted by Crippen LogP contribution is 2.30. The van der Waals surface area contributed by atoms with Crippen molar-refractivity contribution in [3.8, 4) is 0 Å². The molecule has 0 aromatic rings. The van der Waals surface area contributed by atoms with Gasteiger partial charge in [0.05, 0.1) is 13.2 Å². The third kappa shape index (κ3) is 0.927. The zero-order valence-corrected chi connectivity index (χ0v) is 6.06. The normalized spacial score (nSPS) is 27.4. The minimum absolute atomic E-state index is 0.824. The zero-order valence-electron chi connectivity index (χ0n) is 6.06. The monoisotopic (exact) mass is 176 g/mol. The molecule has 3 N–H and O–H groups in total. The molecular formula is C6H8O6. The van der Waals surface area contributed by atoms with Gasteiger partial charge in [0.1, 0.15) is 5.41 Å². The van der Waals surface area contributed by atoms with E-state index >= 15 is 0 Å². The fourth-order valence-corrected chi connectivity index (χ4v) is 0.933. The Morgan fingerprint density at radius 2 is 1.83 bits per heavy atom. The predicted octanol–water partition coefficient (Wildman–Crippen LogP) is -2.60. The molecule has 1 fully saturated rings. The second kappa shape index (κ2) is 2.81.